The van der Waals surface area contributed by atoms with Gasteiger partial charge in [0, 0.05) is 25.2 Å². The van der Waals surface area contributed by atoms with E-state index in [-0.39, 0.29) is 0 Å². The zero-order valence-corrected chi connectivity index (χ0v) is 9.73. The van der Waals surface area contributed by atoms with Gasteiger partial charge in [-0.05, 0) is 26.9 Å². The van der Waals surface area contributed by atoms with Crippen molar-refractivity contribution < 1.29 is 4.39 Å². The Balaban J connectivity index is 1.99. The molecule has 1 fully saturated rings. The molecule has 1 aliphatic rings. The van der Waals surface area contributed by atoms with Crippen LogP contribution in [0.25, 0.3) is 0 Å². The van der Waals surface area contributed by atoms with Crippen LogP contribution in [0.4, 0.5) is 10.2 Å². The Bertz CT molecular complexity index is 348. The lowest BCUT2D eigenvalue weighted by molar-refractivity contribution is 0.249. The summed E-state index contributed by atoms with van der Waals surface area (Å²) < 4.78 is 12.9. The lowest BCUT2D eigenvalue weighted by atomic mass is 10.0. The van der Waals surface area contributed by atoms with Crippen LogP contribution in [-0.4, -0.2) is 48.1 Å². The predicted octanol–water partition coefficient (Wildman–Crippen LogP) is 1.15. The van der Waals surface area contributed by atoms with Gasteiger partial charge in [-0.15, -0.1) is 0 Å². The van der Waals surface area contributed by atoms with Crippen LogP contribution in [0.3, 0.4) is 0 Å². The first-order chi connectivity index (χ1) is 7.66. The van der Waals surface area contributed by atoms with Crippen molar-refractivity contribution in [1.82, 2.24) is 14.9 Å². The van der Waals surface area contributed by atoms with Crippen molar-refractivity contribution in [2.24, 2.45) is 0 Å². The van der Waals surface area contributed by atoms with E-state index in [1.165, 1.54) is 12.4 Å². The molecule has 1 saturated heterocycles. The third-order valence-electron chi connectivity index (χ3n) is 3.14. The number of rotatable bonds is 2. The van der Waals surface area contributed by atoms with Gasteiger partial charge in [0.25, 0.3) is 0 Å². The Morgan fingerprint density at radius 3 is 2.56 bits per heavy atom. The van der Waals surface area contributed by atoms with Crippen molar-refractivity contribution in [3.63, 3.8) is 0 Å². The van der Waals surface area contributed by atoms with Crippen LogP contribution in [0.15, 0.2) is 12.4 Å². The summed E-state index contributed by atoms with van der Waals surface area (Å²) >= 11 is 0. The summed E-state index contributed by atoms with van der Waals surface area (Å²) in [4.78, 5) is 11.9. The zero-order chi connectivity index (χ0) is 11.5. The molecule has 2 heterocycles. The van der Waals surface area contributed by atoms with Crippen LogP contribution >= 0.6 is 0 Å². The highest BCUT2D eigenvalue weighted by molar-refractivity contribution is 5.37. The van der Waals surface area contributed by atoms with Crippen LogP contribution in [0.5, 0.6) is 0 Å². The summed E-state index contributed by atoms with van der Waals surface area (Å²) in [5, 5.41) is 0. The quantitative estimate of drug-likeness (QED) is 0.705. The molecule has 0 aromatic carbocycles. The molecular weight excluding hydrogens is 207 g/mol. The standard InChI is InChI=1S/C11H17FN4/c1-15(2)9-3-5-16(6-4-9)11-7-10(12)13-8-14-11/h7-9H,3-6H2,1-2H3. The molecule has 0 atom stereocenters. The van der Waals surface area contributed by atoms with Gasteiger partial charge in [0.1, 0.15) is 12.1 Å². The fourth-order valence-electron chi connectivity index (χ4n) is 2.11. The minimum absolute atomic E-state index is 0.459. The van der Waals surface area contributed by atoms with Gasteiger partial charge in [-0.1, -0.05) is 0 Å². The number of anilines is 1. The number of hydrogen-bond donors (Lipinski definition) is 0. The fourth-order valence-corrected chi connectivity index (χ4v) is 2.11. The average Bonchev–Trinajstić information content (AvgIpc) is 2.29. The molecule has 1 aromatic heterocycles. The predicted molar refractivity (Wildman–Crippen MR) is 60.9 cm³/mol. The molecule has 0 aliphatic carbocycles. The summed E-state index contributed by atoms with van der Waals surface area (Å²) in [5.74, 6) is 0.240. The largest absolute Gasteiger partial charge is 0.356 e. The number of aromatic nitrogens is 2. The van der Waals surface area contributed by atoms with E-state index in [1.807, 2.05) is 0 Å². The highest BCUT2D eigenvalue weighted by Crippen LogP contribution is 2.19. The molecule has 0 spiro atoms. The van der Waals surface area contributed by atoms with Gasteiger partial charge in [0.15, 0.2) is 0 Å². The highest BCUT2D eigenvalue weighted by atomic mass is 19.1. The summed E-state index contributed by atoms with van der Waals surface area (Å²) in [7, 11) is 4.20. The molecule has 16 heavy (non-hydrogen) atoms. The first-order valence-corrected chi connectivity index (χ1v) is 5.56. The van der Waals surface area contributed by atoms with Crippen LogP contribution in [-0.2, 0) is 0 Å². The summed E-state index contributed by atoms with van der Waals surface area (Å²) in [5.41, 5.74) is 0. The maximum Gasteiger partial charge on any atom is 0.218 e. The number of nitrogens with zero attached hydrogens (tertiary/aromatic N) is 4. The maximum atomic E-state index is 12.9. The molecule has 0 radical (unpaired) electrons. The molecular formula is C11H17FN4. The van der Waals surface area contributed by atoms with E-state index < -0.39 is 5.95 Å². The molecule has 0 unspecified atom stereocenters. The Morgan fingerprint density at radius 1 is 1.31 bits per heavy atom. The molecule has 1 aliphatic heterocycles. The summed E-state index contributed by atoms with van der Waals surface area (Å²) in [6.07, 6.45) is 3.47. The van der Waals surface area contributed by atoms with Gasteiger partial charge >= 0.3 is 0 Å². The van der Waals surface area contributed by atoms with E-state index >= 15 is 0 Å². The van der Waals surface area contributed by atoms with Gasteiger partial charge in [-0.3, -0.25) is 0 Å². The Labute approximate surface area is 95.1 Å². The van der Waals surface area contributed by atoms with E-state index in [4.69, 9.17) is 0 Å². The Hall–Kier alpha value is -1.23. The fraction of sp³-hybridized carbons (Fsp3) is 0.636. The number of hydrogen-bond acceptors (Lipinski definition) is 4. The van der Waals surface area contributed by atoms with E-state index in [0.717, 1.165) is 25.9 Å². The zero-order valence-electron chi connectivity index (χ0n) is 9.73. The monoisotopic (exact) mass is 224 g/mol. The summed E-state index contributed by atoms with van der Waals surface area (Å²) in [6.45, 7) is 1.86. The smallest absolute Gasteiger partial charge is 0.218 e. The second kappa shape index (κ2) is 4.74. The minimum Gasteiger partial charge on any atom is -0.356 e. The SMILES string of the molecule is CN(C)C1CCN(c2cc(F)ncn2)CC1. The molecule has 0 N–H and O–H groups in total. The molecule has 1 aromatic rings. The first kappa shape index (κ1) is 11.3. The van der Waals surface area contributed by atoms with E-state index in [9.17, 15) is 4.39 Å². The van der Waals surface area contributed by atoms with Crippen molar-refractivity contribution >= 4 is 5.82 Å². The Morgan fingerprint density at radius 2 is 2.00 bits per heavy atom. The van der Waals surface area contributed by atoms with Gasteiger partial charge in [-0.2, -0.15) is 4.39 Å². The maximum absolute atomic E-state index is 12.9. The third kappa shape index (κ3) is 2.47. The van der Waals surface area contributed by atoms with Crippen LogP contribution in [0.1, 0.15) is 12.8 Å². The topological polar surface area (TPSA) is 32.3 Å². The van der Waals surface area contributed by atoms with Crippen molar-refractivity contribution in [2.75, 3.05) is 32.1 Å². The van der Waals surface area contributed by atoms with Gasteiger partial charge in [0.05, 0.1) is 0 Å². The van der Waals surface area contributed by atoms with Gasteiger partial charge in [0.2, 0.25) is 5.95 Å². The second-order valence-corrected chi connectivity index (χ2v) is 4.38. The average molecular weight is 224 g/mol. The lowest BCUT2D eigenvalue weighted by Gasteiger charge is -2.35. The van der Waals surface area contributed by atoms with Crippen molar-refractivity contribution in [1.29, 1.82) is 0 Å². The number of piperidine rings is 1. The van der Waals surface area contributed by atoms with E-state index in [0.29, 0.717) is 11.9 Å². The minimum atomic E-state index is -0.459. The summed E-state index contributed by atoms with van der Waals surface area (Å²) in [6, 6.07) is 2.03. The Kier molecular flexibility index (Phi) is 3.33. The molecule has 88 valence electrons. The normalized spacial score (nSPS) is 18.1. The van der Waals surface area contributed by atoms with E-state index in [1.54, 1.807) is 0 Å². The third-order valence-corrected chi connectivity index (χ3v) is 3.14. The molecule has 4 nitrogen and oxygen atoms in total. The van der Waals surface area contributed by atoms with Crippen LogP contribution < -0.4 is 4.90 Å². The molecule has 0 saturated carbocycles. The van der Waals surface area contributed by atoms with Crippen molar-refractivity contribution in [2.45, 2.75) is 18.9 Å². The molecule has 0 bridgehead atoms. The van der Waals surface area contributed by atoms with Crippen molar-refractivity contribution in [3.05, 3.63) is 18.3 Å². The van der Waals surface area contributed by atoms with Crippen molar-refractivity contribution in [3.8, 4) is 0 Å². The first-order valence-electron chi connectivity index (χ1n) is 5.56. The van der Waals surface area contributed by atoms with Crippen LogP contribution in [0, 0.1) is 5.95 Å². The second-order valence-electron chi connectivity index (χ2n) is 4.38. The number of halogens is 1. The molecule has 0 amide bonds. The molecule has 2 rings (SSSR count). The van der Waals surface area contributed by atoms with Gasteiger partial charge < -0.3 is 9.80 Å². The molecule has 5 heteroatoms. The van der Waals surface area contributed by atoms with Crippen LogP contribution in [0.2, 0.25) is 0 Å². The highest BCUT2D eigenvalue weighted by Gasteiger charge is 2.21. The van der Waals surface area contributed by atoms with Gasteiger partial charge in [-0.25, -0.2) is 9.97 Å². The van der Waals surface area contributed by atoms with E-state index in [2.05, 4.69) is 33.9 Å². The lowest BCUT2D eigenvalue weighted by Crippen LogP contribution is -2.42.